The number of esters is 1. The first-order chi connectivity index (χ1) is 11.6. The number of thioether (sulfide) groups is 1. The Hall–Kier alpha value is -2.49. The summed E-state index contributed by atoms with van der Waals surface area (Å²) in [5, 5.41) is 11.8. The van der Waals surface area contributed by atoms with Gasteiger partial charge in [0, 0.05) is 9.92 Å². The standard InChI is InChI=1S/C17H13ClN2O3S/c18-13-7-5-12(6-8-13)17(22)23-11-16(21)20-14-3-1-2-4-15(14)24-10-9-19/h1-8H,10-11H2,(H,20,21). The number of nitrogens with zero attached hydrogens (tertiary/aromatic N) is 1. The van der Waals surface area contributed by atoms with Crippen molar-refractivity contribution in [3.05, 3.63) is 59.1 Å². The van der Waals surface area contributed by atoms with Crippen molar-refractivity contribution in [3.8, 4) is 6.07 Å². The molecule has 7 heteroatoms. The van der Waals surface area contributed by atoms with E-state index in [0.717, 1.165) is 4.90 Å². The second-order valence-corrected chi connectivity index (χ2v) is 6.03. The molecule has 2 aromatic carbocycles. The van der Waals surface area contributed by atoms with Crippen LogP contribution in [0.15, 0.2) is 53.4 Å². The van der Waals surface area contributed by atoms with Crippen LogP contribution in [0.25, 0.3) is 0 Å². The minimum Gasteiger partial charge on any atom is -0.452 e. The van der Waals surface area contributed by atoms with Gasteiger partial charge in [0.15, 0.2) is 6.61 Å². The van der Waals surface area contributed by atoms with Crippen LogP contribution in [-0.2, 0) is 9.53 Å². The van der Waals surface area contributed by atoms with Gasteiger partial charge in [-0.3, -0.25) is 4.79 Å². The number of nitrogens with one attached hydrogen (secondary N) is 1. The topological polar surface area (TPSA) is 79.2 Å². The molecule has 0 heterocycles. The van der Waals surface area contributed by atoms with Crippen LogP contribution in [0, 0.1) is 11.3 Å². The third kappa shape index (κ3) is 5.30. The summed E-state index contributed by atoms with van der Waals surface area (Å²) >= 11 is 7.06. The first-order valence-electron chi connectivity index (χ1n) is 6.91. The van der Waals surface area contributed by atoms with Gasteiger partial charge in [0.25, 0.3) is 5.91 Å². The summed E-state index contributed by atoms with van der Waals surface area (Å²) < 4.78 is 4.97. The fourth-order valence-electron chi connectivity index (χ4n) is 1.79. The van der Waals surface area contributed by atoms with E-state index in [-0.39, 0.29) is 5.75 Å². The zero-order chi connectivity index (χ0) is 17.4. The Morgan fingerprint density at radius 1 is 1.17 bits per heavy atom. The number of ether oxygens (including phenoxy) is 1. The monoisotopic (exact) mass is 360 g/mol. The predicted octanol–water partition coefficient (Wildman–Crippen LogP) is 3.75. The van der Waals surface area contributed by atoms with Crippen LogP contribution in [-0.4, -0.2) is 24.2 Å². The number of rotatable bonds is 6. The molecule has 1 N–H and O–H groups in total. The Morgan fingerprint density at radius 2 is 1.88 bits per heavy atom. The highest BCUT2D eigenvalue weighted by Gasteiger charge is 2.11. The Morgan fingerprint density at radius 3 is 2.58 bits per heavy atom. The second kappa shape index (κ2) is 8.96. The zero-order valence-corrected chi connectivity index (χ0v) is 14.1. The van der Waals surface area contributed by atoms with E-state index in [9.17, 15) is 9.59 Å². The van der Waals surface area contributed by atoms with E-state index in [1.807, 2.05) is 12.1 Å². The molecule has 0 aliphatic rings. The summed E-state index contributed by atoms with van der Waals surface area (Å²) in [6.45, 7) is -0.404. The summed E-state index contributed by atoms with van der Waals surface area (Å²) in [6, 6.07) is 15.3. The number of amides is 1. The highest BCUT2D eigenvalue weighted by Crippen LogP contribution is 2.26. The average molecular weight is 361 g/mol. The second-order valence-electron chi connectivity index (χ2n) is 4.57. The fourth-order valence-corrected chi connectivity index (χ4v) is 2.59. The van der Waals surface area contributed by atoms with Crippen molar-refractivity contribution >= 4 is 40.9 Å². The summed E-state index contributed by atoms with van der Waals surface area (Å²) in [5.74, 6) is -0.783. The van der Waals surface area contributed by atoms with Crippen molar-refractivity contribution in [2.24, 2.45) is 0 Å². The Kier molecular flexibility index (Phi) is 6.67. The Labute approximate surface area is 148 Å². The summed E-state index contributed by atoms with van der Waals surface area (Å²) in [5.41, 5.74) is 0.891. The van der Waals surface area contributed by atoms with Gasteiger partial charge in [0.2, 0.25) is 0 Å². The number of hydrogen-bond acceptors (Lipinski definition) is 5. The van der Waals surface area contributed by atoms with E-state index in [2.05, 4.69) is 5.32 Å². The van der Waals surface area contributed by atoms with Crippen molar-refractivity contribution < 1.29 is 14.3 Å². The van der Waals surface area contributed by atoms with Crippen LogP contribution in [0.3, 0.4) is 0 Å². The first kappa shape index (κ1) is 17.9. The minimum absolute atomic E-state index is 0.276. The number of anilines is 1. The van der Waals surface area contributed by atoms with Crippen LogP contribution in [0.2, 0.25) is 5.02 Å². The molecule has 0 bridgehead atoms. The maximum absolute atomic E-state index is 11.9. The van der Waals surface area contributed by atoms with Gasteiger partial charge >= 0.3 is 5.97 Å². The molecule has 0 aliphatic heterocycles. The Balaban J connectivity index is 1.91. The van der Waals surface area contributed by atoms with Gasteiger partial charge in [-0.2, -0.15) is 5.26 Å². The van der Waals surface area contributed by atoms with Gasteiger partial charge in [-0.05, 0) is 36.4 Å². The largest absolute Gasteiger partial charge is 0.452 e. The molecule has 0 atom stereocenters. The van der Waals surface area contributed by atoms with Gasteiger partial charge in [0.05, 0.1) is 23.1 Å². The third-order valence-electron chi connectivity index (χ3n) is 2.87. The van der Waals surface area contributed by atoms with E-state index in [0.29, 0.717) is 16.3 Å². The lowest BCUT2D eigenvalue weighted by Gasteiger charge is -2.10. The van der Waals surface area contributed by atoms with Gasteiger partial charge < -0.3 is 10.1 Å². The number of carbonyl (C=O) groups is 2. The summed E-state index contributed by atoms with van der Waals surface area (Å²) in [7, 11) is 0. The lowest BCUT2D eigenvalue weighted by molar-refractivity contribution is -0.119. The van der Waals surface area contributed by atoms with Crippen LogP contribution < -0.4 is 5.32 Å². The van der Waals surface area contributed by atoms with Gasteiger partial charge in [-0.25, -0.2) is 4.79 Å². The molecule has 0 aromatic heterocycles. The SMILES string of the molecule is N#CCSc1ccccc1NC(=O)COC(=O)c1ccc(Cl)cc1. The van der Waals surface area contributed by atoms with E-state index >= 15 is 0 Å². The van der Waals surface area contributed by atoms with E-state index in [1.165, 1.54) is 23.9 Å². The highest BCUT2D eigenvalue weighted by atomic mass is 35.5. The molecular formula is C17H13ClN2O3S. The van der Waals surface area contributed by atoms with E-state index in [1.54, 1.807) is 30.3 Å². The molecule has 0 saturated heterocycles. The van der Waals surface area contributed by atoms with Crippen molar-refractivity contribution in [2.75, 3.05) is 17.7 Å². The number of carbonyl (C=O) groups excluding carboxylic acids is 2. The van der Waals surface area contributed by atoms with Gasteiger partial charge in [0.1, 0.15) is 0 Å². The fraction of sp³-hybridized carbons (Fsp3) is 0.118. The van der Waals surface area contributed by atoms with Crippen molar-refractivity contribution in [1.82, 2.24) is 0 Å². The number of benzene rings is 2. The molecule has 2 aromatic rings. The maximum atomic E-state index is 11.9. The van der Waals surface area contributed by atoms with Crippen molar-refractivity contribution in [1.29, 1.82) is 5.26 Å². The average Bonchev–Trinajstić information content (AvgIpc) is 2.59. The van der Waals surface area contributed by atoms with Crippen molar-refractivity contribution in [3.63, 3.8) is 0 Å². The number of halogens is 1. The van der Waals surface area contributed by atoms with E-state index in [4.69, 9.17) is 21.6 Å². The van der Waals surface area contributed by atoms with Gasteiger partial charge in [-0.15, -0.1) is 11.8 Å². The van der Waals surface area contributed by atoms with Crippen molar-refractivity contribution in [2.45, 2.75) is 4.90 Å². The van der Waals surface area contributed by atoms with Crippen LogP contribution in [0.1, 0.15) is 10.4 Å². The lowest BCUT2D eigenvalue weighted by atomic mass is 10.2. The molecule has 24 heavy (non-hydrogen) atoms. The molecule has 0 aliphatic carbocycles. The predicted molar refractivity (Wildman–Crippen MR) is 93.1 cm³/mol. The van der Waals surface area contributed by atoms with Crippen LogP contribution in [0.4, 0.5) is 5.69 Å². The first-order valence-corrected chi connectivity index (χ1v) is 8.28. The highest BCUT2D eigenvalue weighted by molar-refractivity contribution is 7.99. The molecule has 0 saturated carbocycles. The quantitative estimate of drug-likeness (QED) is 0.627. The maximum Gasteiger partial charge on any atom is 0.338 e. The van der Waals surface area contributed by atoms with E-state index < -0.39 is 18.5 Å². The molecule has 2 rings (SSSR count). The minimum atomic E-state index is -0.603. The Bertz CT molecular complexity index is 772. The smallest absolute Gasteiger partial charge is 0.338 e. The number of nitriles is 1. The summed E-state index contributed by atoms with van der Waals surface area (Å²) in [4.78, 5) is 24.6. The third-order valence-corrected chi connectivity index (χ3v) is 4.06. The molecule has 0 radical (unpaired) electrons. The molecule has 0 unspecified atom stereocenters. The number of para-hydroxylation sites is 1. The molecule has 122 valence electrons. The molecule has 0 fully saturated rings. The lowest BCUT2D eigenvalue weighted by Crippen LogP contribution is -2.21. The van der Waals surface area contributed by atoms with Gasteiger partial charge in [-0.1, -0.05) is 23.7 Å². The normalized spacial score (nSPS) is 9.83. The molecule has 5 nitrogen and oxygen atoms in total. The zero-order valence-electron chi connectivity index (χ0n) is 12.5. The number of hydrogen-bond donors (Lipinski definition) is 1. The molecule has 1 amide bonds. The molecular weight excluding hydrogens is 348 g/mol. The van der Waals surface area contributed by atoms with Crippen LogP contribution in [0.5, 0.6) is 0 Å². The van der Waals surface area contributed by atoms with Crippen LogP contribution >= 0.6 is 23.4 Å². The summed E-state index contributed by atoms with van der Waals surface area (Å²) in [6.07, 6.45) is 0. The molecule has 0 spiro atoms.